The summed E-state index contributed by atoms with van der Waals surface area (Å²) in [6, 6.07) is 9.93. The van der Waals surface area contributed by atoms with E-state index in [1.165, 1.54) is 13.3 Å². The van der Waals surface area contributed by atoms with Gasteiger partial charge in [-0.2, -0.15) is 5.10 Å². The van der Waals surface area contributed by atoms with Gasteiger partial charge in [-0.25, -0.2) is 5.43 Å². The zero-order valence-electron chi connectivity index (χ0n) is 14.2. The third-order valence-corrected chi connectivity index (χ3v) is 3.83. The Labute approximate surface area is 155 Å². The number of amides is 2. The number of aryl methyl sites for hydroxylation is 1. The summed E-state index contributed by atoms with van der Waals surface area (Å²) < 4.78 is 4.98. The highest BCUT2D eigenvalue weighted by atomic mass is 35.5. The van der Waals surface area contributed by atoms with Crippen LogP contribution < -0.4 is 15.5 Å². The first kappa shape index (κ1) is 19.3. The molecule has 0 heterocycles. The zero-order valence-corrected chi connectivity index (χ0v) is 15.0. The number of phenols is 1. The summed E-state index contributed by atoms with van der Waals surface area (Å²) in [6.45, 7) is 1.85. The zero-order chi connectivity index (χ0) is 19.1. The number of hydrazone groups is 1. The summed E-state index contributed by atoms with van der Waals surface area (Å²) in [5.74, 6) is -0.903. The maximum absolute atomic E-state index is 11.9. The van der Waals surface area contributed by atoms with Gasteiger partial charge in [-0.1, -0.05) is 23.7 Å². The number of nitrogens with one attached hydrogen (secondary N) is 2. The Morgan fingerprint density at radius 1 is 1.27 bits per heavy atom. The summed E-state index contributed by atoms with van der Waals surface area (Å²) in [6.07, 6.45) is 0.848. The van der Waals surface area contributed by atoms with Gasteiger partial charge in [0.1, 0.15) is 6.42 Å². The van der Waals surface area contributed by atoms with Crippen molar-refractivity contribution in [3.63, 3.8) is 0 Å². The molecule has 0 spiro atoms. The topological polar surface area (TPSA) is 100 Å². The molecule has 0 aliphatic rings. The van der Waals surface area contributed by atoms with E-state index in [4.69, 9.17) is 16.3 Å². The van der Waals surface area contributed by atoms with Gasteiger partial charge in [0.15, 0.2) is 11.5 Å². The summed E-state index contributed by atoms with van der Waals surface area (Å²) in [5, 5.41) is 16.7. The number of aromatic hydroxyl groups is 1. The lowest BCUT2D eigenvalue weighted by Gasteiger charge is -2.06. The standard InChI is InChI=1S/C18H18ClN3O4/c1-11-6-7-13(8-14(11)19)21-16(23)9-17(24)22-20-10-12-4-3-5-15(26-2)18(12)25/h3-8,10,25H,9H2,1-2H3,(H,21,23)(H,22,24). The Balaban J connectivity index is 1.88. The summed E-state index contributed by atoms with van der Waals surface area (Å²) in [5.41, 5.74) is 3.98. The Bertz CT molecular complexity index is 852. The molecule has 0 bridgehead atoms. The number of hydrogen-bond acceptors (Lipinski definition) is 5. The molecule has 0 saturated carbocycles. The van der Waals surface area contributed by atoms with Crippen LogP contribution in [-0.2, 0) is 9.59 Å². The number of phenolic OH excluding ortho intramolecular Hbond substituents is 1. The summed E-state index contributed by atoms with van der Waals surface area (Å²) in [4.78, 5) is 23.6. The van der Waals surface area contributed by atoms with Gasteiger partial charge in [-0.15, -0.1) is 0 Å². The molecule has 0 fully saturated rings. The Kier molecular flexibility index (Phi) is 6.57. The van der Waals surface area contributed by atoms with Crippen LogP contribution in [-0.4, -0.2) is 30.2 Å². The van der Waals surface area contributed by atoms with Crippen molar-refractivity contribution in [1.82, 2.24) is 5.43 Å². The number of halogens is 1. The number of carbonyl (C=O) groups excluding carboxylic acids is 2. The predicted octanol–water partition coefficient (Wildman–Crippen LogP) is 2.84. The molecule has 7 nitrogen and oxygen atoms in total. The molecule has 2 amide bonds. The number of anilines is 1. The van der Waals surface area contributed by atoms with Crippen molar-refractivity contribution in [2.24, 2.45) is 5.10 Å². The summed E-state index contributed by atoms with van der Waals surface area (Å²) >= 11 is 5.99. The number of methoxy groups -OCH3 is 1. The van der Waals surface area contributed by atoms with Crippen LogP contribution in [0.15, 0.2) is 41.5 Å². The molecule has 0 unspecified atom stereocenters. The number of carbonyl (C=O) groups is 2. The molecule has 2 aromatic carbocycles. The molecule has 0 saturated heterocycles. The van der Waals surface area contributed by atoms with Gasteiger partial charge in [0.05, 0.1) is 13.3 Å². The molecule has 0 radical (unpaired) electrons. The van der Waals surface area contributed by atoms with Gasteiger partial charge in [0.25, 0.3) is 0 Å². The average Bonchev–Trinajstić information content (AvgIpc) is 2.59. The lowest BCUT2D eigenvalue weighted by atomic mass is 10.2. The van der Waals surface area contributed by atoms with Crippen molar-refractivity contribution >= 4 is 35.3 Å². The van der Waals surface area contributed by atoms with Crippen molar-refractivity contribution in [3.8, 4) is 11.5 Å². The molecular formula is C18H18ClN3O4. The van der Waals surface area contributed by atoms with E-state index in [9.17, 15) is 14.7 Å². The van der Waals surface area contributed by atoms with Crippen LogP contribution in [0.3, 0.4) is 0 Å². The fourth-order valence-corrected chi connectivity index (χ4v) is 2.22. The number of nitrogens with zero attached hydrogens (tertiary/aromatic N) is 1. The van der Waals surface area contributed by atoms with Crippen LogP contribution in [0.4, 0.5) is 5.69 Å². The maximum Gasteiger partial charge on any atom is 0.249 e. The number of ether oxygens (including phenoxy) is 1. The third-order valence-electron chi connectivity index (χ3n) is 3.42. The summed E-state index contributed by atoms with van der Waals surface area (Å²) in [7, 11) is 1.43. The van der Waals surface area contributed by atoms with Crippen LogP contribution in [0.1, 0.15) is 17.5 Å². The van der Waals surface area contributed by atoms with E-state index >= 15 is 0 Å². The molecule has 0 atom stereocenters. The normalized spacial score (nSPS) is 10.6. The number of benzene rings is 2. The molecule has 8 heteroatoms. The number of hydrogen-bond donors (Lipinski definition) is 3. The van der Waals surface area contributed by atoms with Gasteiger partial charge in [0.2, 0.25) is 11.8 Å². The second-order valence-electron chi connectivity index (χ2n) is 5.38. The van der Waals surface area contributed by atoms with E-state index in [1.807, 2.05) is 6.92 Å². The molecule has 0 aliphatic heterocycles. The van der Waals surface area contributed by atoms with Gasteiger partial charge in [0, 0.05) is 16.3 Å². The predicted molar refractivity (Wildman–Crippen MR) is 99.8 cm³/mol. The largest absolute Gasteiger partial charge is 0.504 e. The van der Waals surface area contributed by atoms with Gasteiger partial charge in [-0.05, 0) is 36.8 Å². The van der Waals surface area contributed by atoms with Gasteiger partial charge in [-0.3, -0.25) is 9.59 Å². The number of rotatable bonds is 6. The maximum atomic E-state index is 11.9. The fourth-order valence-electron chi connectivity index (χ4n) is 2.04. The highest BCUT2D eigenvalue weighted by Crippen LogP contribution is 2.27. The van der Waals surface area contributed by atoms with E-state index in [2.05, 4.69) is 15.8 Å². The SMILES string of the molecule is COc1cccc(C=NNC(=O)CC(=O)Nc2ccc(C)c(Cl)c2)c1O. The van der Waals surface area contributed by atoms with Crippen molar-refractivity contribution in [1.29, 1.82) is 0 Å². The van der Waals surface area contributed by atoms with Gasteiger partial charge >= 0.3 is 0 Å². The molecule has 2 aromatic rings. The second kappa shape index (κ2) is 8.87. The van der Waals surface area contributed by atoms with Gasteiger partial charge < -0.3 is 15.2 Å². The lowest BCUT2D eigenvalue weighted by Crippen LogP contribution is -2.24. The van der Waals surface area contributed by atoms with E-state index in [0.29, 0.717) is 16.3 Å². The van der Waals surface area contributed by atoms with E-state index < -0.39 is 18.2 Å². The molecule has 26 heavy (non-hydrogen) atoms. The molecule has 0 aromatic heterocycles. The van der Waals surface area contributed by atoms with Crippen LogP contribution in [0.2, 0.25) is 5.02 Å². The van der Waals surface area contributed by atoms with Crippen LogP contribution in [0.25, 0.3) is 0 Å². The third kappa shape index (κ3) is 5.22. The Hall–Kier alpha value is -3.06. The van der Waals surface area contributed by atoms with Crippen LogP contribution in [0.5, 0.6) is 11.5 Å². The van der Waals surface area contributed by atoms with Crippen molar-refractivity contribution in [2.75, 3.05) is 12.4 Å². The molecule has 2 rings (SSSR count). The monoisotopic (exact) mass is 375 g/mol. The minimum absolute atomic E-state index is 0.0954. The quantitative estimate of drug-likeness (QED) is 0.410. The second-order valence-corrected chi connectivity index (χ2v) is 5.79. The molecular weight excluding hydrogens is 358 g/mol. The van der Waals surface area contributed by atoms with Crippen molar-refractivity contribution in [2.45, 2.75) is 13.3 Å². The minimum Gasteiger partial charge on any atom is -0.504 e. The van der Waals surface area contributed by atoms with Crippen molar-refractivity contribution < 1.29 is 19.4 Å². The molecule has 3 N–H and O–H groups in total. The Morgan fingerprint density at radius 2 is 2.04 bits per heavy atom. The average molecular weight is 376 g/mol. The first-order valence-corrected chi connectivity index (χ1v) is 8.02. The minimum atomic E-state index is -0.598. The lowest BCUT2D eigenvalue weighted by molar-refractivity contribution is -0.126. The molecule has 0 aliphatic carbocycles. The van der Waals surface area contributed by atoms with E-state index in [1.54, 1.807) is 36.4 Å². The fraction of sp³-hybridized carbons (Fsp3) is 0.167. The highest BCUT2D eigenvalue weighted by Gasteiger charge is 2.10. The Morgan fingerprint density at radius 3 is 2.73 bits per heavy atom. The van der Waals surface area contributed by atoms with E-state index in [-0.39, 0.29) is 11.5 Å². The van der Waals surface area contributed by atoms with Crippen LogP contribution in [0, 0.1) is 6.92 Å². The smallest absolute Gasteiger partial charge is 0.249 e. The van der Waals surface area contributed by atoms with Crippen LogP contribution >= 0.6 is 11.6 Å². The molecule has 136 valence electrons. The first-order valence-electron chi connectivity index (χ1n) is 7.64. The van der Waals surface area contributed by atoms with Crippen molar-refractivity contribution in [3.05, 3.63) is 52.5 Å². The number of para-hydroxylation sites is 1. The highest BCUT2D eigenvalue weighted by molar-refractivity contribution is 6.31. The van der Waals surface area contributed by atoms with E-state index in [0.717, 1.165) is 5.56 Å². The first-order chi connectivity index (χ1) is 12.4.